The number of ketones is 2. The smallest absolute Gasteiger partial charge is 0.226 e. The Morgan fingerprint density at radius 3 is 1.31 bits per heavy atom. The number of rotatable bonds is 22. The van der Waals surface area contributed by atoms with Crippen LogP contribution < -0.4 is 25.4 Å². The molecule has 6 amide bonds. The van der Waals surface area contributed by atoms with Crippen molar-refractivity contribution in [2.24, 2.45) is 37.8 Å². The molecule has 2 aliphatic carbocycles. The number of fused-ring (bicyclic) bond motifs is 6. The van der Waals surface area contributed by atoms with Gasteiger partial charge in [-0.3, -0.25) is 43.3 Å². The fraction of sp³-hybridized carbons (Fsp3) is 0.394. The molecule has 8 aliphatic rings. The fourth-order valence-corrected chi connectivity index (χ4v) is 22.2. The second-order valence-corrected chi connectivity index (χ2v) is 40.3. The average molecular weight is 1930 g/mol. The number of Topliss-reactive ketones (excluding diaryl/α,β-unsaturated/α-hetero) is 2. The molecular weight excluding hydrogens is 1810 g/mol. The van der Waals surface area contributed by atoms with E-state index in [-0.39, 0.29) is 87.3 Å². The van der Waals surface area contributed by atoms with Crippen LogP contribution in [0.2, 0.25) is 20.1 Å². The van der Waals surface area contributed by atoms with Crippen LogP contribution in [0.15, 0.2) is 218 Å². The molecule has 24 nitrogen and oxygen atoms in total. The van der Waals surface area contributed by atoms with Gasteiger partial charge >= 0.3 is 0 Å². The zero-order valence-electron chi connectivity index (χ0n) is 78.1. The minimum absolute atomic E-state index is 0.0492. The van der Waals surface area contributed by atoms with Gasteiger partial charge in [0.15, 0.2) is 11.6 Å². The Kier molecular flexibility index (Phi) is 30.3. The number of amides is 6. The maximum absolute atomic E-state index is 15.3. The zero-order valence-corrected chi connectivity index (χ0v) is 81.1. The van der Waals surface area contributed by atoms with Crippen molar-refractivity contribution >= 4 is 93.4 Å². The van der Waals surface area contributed by atoms with Gasteiger partial charge in [0, 0.05) is 147 Å². The number of hydrogen-bond acceptors (Lipinski definition) is 16. The fourth-order valence-electron chi connectivity index (χ4n) is 21.6. The average Bonchev–Trinajstić information content (AvgIpc) is 1.72. The van der Waals surface area contributed by atoms with Crippen molar-refractivity contribution in [2.75, 3.05) is 72.6 Å². The first-order chi connectivity index (χ1) is 66.1. The van der Waals surface area contributed by atoms with Crippen LogP contribution in [0.5, 0.6) is 23.0 Å². The largest absolute Gasteiger partial charge is 0.457 e. The van der Waals surface area contributed by atoms with Gasteiger partial charge in [0.25, 0.3) is 0 Å². The van der Waals surface area contributed by atoms with Crippen LogP contribution >= 0.6 is 46.4 Å². The first kappa shape index (κ1) is 97.1. The highest BCUT2D eigenvalue weighted by Crippen LogP contribution is 2.46. The van der Waals surface area contributed by atoms with Crippen LogP contribution in [0.1, 0.15) is 146 Å². The minimum Gasteiger partial charge on any atom is -0.457 e. The van der Waals surface area contributed by atoms with E-state index in [4.69, 9.17) is 65.8 Å². The predicted molar refractivity (Wildman–Crippen MR) is 530 cm³/mol. The monoisotopic (exact) mass is 1930 g/mol. The van der Waals surface area contributed by atoms with Crippen LogP contribution in [0, 0.1) is 23.7 Å². The van der Waals surface area contributed by atoms with Crippen molar-refractivity contribution in [3.8, 4) is 45.5 Å². The first-order valence-electron chi connectivity index (χ1n) is 47.7. The lowest BCUT2D eigenvalue weighted by Crippen LogP contribution is -2.63. The molecule has 2 aromatic heterocycles. The predicted octanol–water partition coefficient (Wildman–Crippen LogP) is 16.4. The van der Waals surface area contributed by atoms with Crippen LogP contribution in [0.4, 0.5) is 0 Å². The van der Waals surface area contributed by atoms with Gasteiger partial charge in [0.2, 0.25) is 35.4 Å². The van der Waals surface area contributed by atoms with Gasteiger partial charge in [0.05, 0.1) is 96.9 Å². The van der Waals surface area contributed by atoms with Gasteiger partial charge < -0.3 is 64.4 Å². The number of carbonyl (C=O) groups is 8. The van der Waals surface area contributed by atoms with Gasteiger partial charge in [-0.25, -0.2) is 9.97 Å². The number of hydrogen-bond donors (Lipinski definition) is 5. The number of carbonyl (C=O) groups excluding carboxylic acids is 8. The van der Waals surface area contributed by atoms with Crippen LogP contribution in [-0.2, 0) is 104 Å². The summed E-state index contributed by atoms with van der Waals surface area (Å²) in [6, 6.07) is 54.8. The highest BCUT2D eigenvalue weighted by atomic mass is 35.5. The van der Waals surface area contributed by atoms with Crippen LogP contribution in [-0.4, -0.2) is 197 Å². The normalized spacial score (nSPS) is 23.6. The topological polar surface area (TPSA) is 283 Å². The lowest BCUT2D eigenvalue weighted by Gasteiger charge is -2.46. The molecule has 137 heavy (non-hydrogen) atoms. The maximum atomic E-state index is 15.3. The van der Waals surface area contributed by atoms with Crippen molar-refractivity contribution in [3.63, 3.8) is 0 Å². The number of likely N-dealkylation sites (N-methyl/N-ethyl adjacent to an activating group) is 1. The molecule has 8 heterocycles. The van der Waals surface area contributed by atoms with E-state index in [1.807, 2.05) is 133 Å². The van der Waals surface area contributed by atoms with E-state index in [0.29, 0.717) is 119 Å². The summed E-state index contributed by atoms with van der Waals surface area (Å²) in [6.45, 7) is 7.02. The number of halogens is 4. The molecule has 18 rings (SSSR count). The molecule has 4 fully saturated rings. The van der Waals surface area contributed by atoms with Crippen molar-refractivity contribution in [1.29, 1.82) is 0 Å². The molecule has 28 heteroatoms. The summed E-state index contributed by atoms with van der Waals surface area (Å²) < 4.78 is 17.3. The van der Waals surface area contributed by atoms with E-state index < -0.39 is 83.4 Å². The number of nitrogens with zero attached hydrogens (tertiary/aromatic N) is 9. The Balaban J connectivity index is 0.000000190. The summed E-state index contributed by atoms with van der Waals surface area (Å²) in [6.07, 6.45) is 15.1. The molecule has 5 N–H and O–H groups in total. The number of aromatic nitrogens is 4. The lowest BCUT2D eigenvalue weighted by atomic mass is 9.79. The summed E-state index contributed by atoms with van der Waals surface area (Å²) in [5.41, 5.74) is 12.2. The van der Waals surface area contributed by atoms with Crippen LogP contribution in [0.3, 0.4) is 0 Å². The maximum Gasteiger partial charge on any atom is 0.226 e. The second kappa shape index (κ2) is 42.8. The number of imidazole rings is 2. The summed E-state index contributed by atoms with van der Waals surface area (Å²) in [5, 5.41) is 33.2. The minimum atomic E-state index is -1.09. The third kappa shape index (κ3) is 22.4. The van der Waals surface area contributed by atoms with E-state index in [1.165, 1.54) is 20.9 Å². The highest BCUT2D eigenvalue weighted by molar-refractivity contribution is 6.31. The molecule has 0 unspecified atom stereocenters. The van der Waals surface area contributed by atoms with E-state index in [1.54, 1.807) is 74.5 Å². The molecule has 0 spiro atoms. The molecule has 4 bridgehead atoms. The molecule has 6 aliphatic heterocycles. The SMILES string of the molecule is C[C@H]1C(=O)C[C@@H](CO)C(=O)N[C@@]2(Cc3ccc(Cl)cc3)CCCN(C2)C(=O)[C@H]([C@@H]2CCc3ccccc32)CC(=O)N1Cc1ccc(Cl)cc1Oc1ccc(-c2cnc(CC3=CCN(C)C3)n2C)cc1.C[C@H]1C(=O)C[C@@H](CO)C(=O)N[C@@]2(Cc3ccc(Cl)cc3)CCCN(C2)C(=O)[C@H]([C@@H]2CCc3ccccc32)CC(=O)N1Cc1ccc(Cl)cc1Oc1ccc(-c2cnc(CC3=CCNC3)n2C)cc1. The number of piperidine rings is 2. The highest BCUT2D eigenvalue weighted by Gasteiger charge is 2.49. The molecule has 4 saturated heterocycles. The number of aliphatic hydroxyl groups is 2. The van der Waals surface area contributed by atoms with E-state index in [2.05, 4.69) is 73.4 Å². The van der Waals surface area contributed by atoms with Crippen molar-refractivity contribution in [3.05, 3.63) is 294 Å². The summed E-state index contributed by atoms with van der Waals surface area (Å²) in [5.74, 6) is -3.08. The van der Waals surface area contributed by atoms with Crippen LogP contribution in [0.25, 0.3) is 22.5 Å². The van der Waals surface area contributed by atoms with Crippen molar-refractivity contribution in [1.82, 2.24) is 59.6 Å². The number of nitrogens with one attached hydrogen (secondary N) is 3. The number of aliphatic hydroxyl groups excluding tert-OH is 2. The van der Waals surface area contributed by atoms with Gasteiger partial charge in [-0.05, 0) is 227 Å². The van der Waals surface area contributed by atoms with E-state index in [0.717, 1.165) is 119 Å². The number of aryl methyl sites for hydroxylation is 2. The first-order valence-corrected chi connectivity index (χ1v) is 49.3. The van der Waals surface area contributed by atoms with Crippen molar-refractivity contribution < 1.29 is 58.0 Å². The zero-order chi connectivity index (χ0) is 95.9. The molecule has 10 atom stereocenters. The Morgan fingerprint density at radius 1 is 0.482 bits per heavy atom. The Hall–Kier alpha value is -11.6. The van der Waals surface area contributed by atoms with E-state index >= 15 is 19.2 Å². The summed E-state index contributed by atoms with van der Waals surface area (Å²) >= 11 is 25.7. The summed E-state index contributed by atoms with van der Waals surface area (Å²) in [4.78, 5) is 137. The third-order valence-corrected chi connectivity index (χ3v) is 30.3. The standard InChI is InChI=1S/C55H60Cl2N6O6.C54H58Cl2N6O6/c1-35-49(65)26-41(33-64)53(67)59-55(29-36-9-15-42(56)16-10-36)22-6-23-62(34-55)54(68)47(46-20-14-38-7-4-5-8-45(38)46)28-52(66)63(35)32-40-11-17-43(57)27-50(40)69-44-18-12-39(13-19-44)48-30-58-51(61(48)3)25-37-21-24-60(2)31-37;1-34-48(64)25-40(32-63)52(66)59-54(28-35-8-14-41(55)15-9-35)21-5-23-61(33-54)53(67)46(45-19-13-37-6-3-4-7-44(37)45)27-51(65)62(34)31-39-10-16-42(56)26-49(39)68-43-17-11-38(12-18-43)47-30-58-50(60(47)2)24-36-20-22-57-29-36/h4-5,7-13,15-19,21,27,30,35,41,46-47,64H,6,14,20,22-26,28-29,31-34H2,1-3H3,(H,59,67);3-4,6-12,14-18,20,26,30,34,40,45-46,57,63H,5,13,19,21-25,27-29,31-33H2,1-2H3,(H,59,66)/t35-,41-,46+,47-,55+;34-,40-,45+,46-,54+/m00/s1. The molecule has 0 saturated carbocycles. The lowest BCUT2D eigenvalue weighted by molar-refractivity contribution is -0.148. The molecule has 0 radical (unpaired) electrons. The molecule has 10 aromatic rings. The number of ether oxygens (including phenoxy) is 2. The summed E-state index contributed by atoms with van der Waals surface area (Å²) in [7, 11) is 6.15. The Labute approximate surface area is 820 Å². The third-order valence-electron chi connectivity index (χ3n) is 29.3. The Bertz CT molecular complexity index is 6220. The van der Waals surface area contributed by atoms with Gasteiger partial charge in [-0.15, -0.1) is 0 Å². The molecular formula is C109H118Cl4N12O12. The quantitative estimate of drug-likeness (QED) is 0.0394. The van der Waals surface area contributed by atoms with Gasteiger partial charge in [-0.1, -0.05) is 155 Å². The number of benzene rings is 8. The van der Waals surface area contributed by atoms with E-state index in [9.17, 15) is 29.4 Å². The molecule has 714 valence electrons. The second-order valence-electron chi connectivity index (χ2n) is 38.6. The molecule has 8 aromatic carbocycles. The van der Waals surface area contributed by atoms with Gasteiger partial charge in [-0.2, -0.15) is 0 Å². The van der Waals surface area contributed by atoms with Gasteiger partial charge in [0.1, 0.15) is 34.6 Å². The van der Waals surface area contributed by atoms with Crippen molar-refractivity contribution in [2.45, 2.75) is 165 Å². The Morgan fingerprint density at radius 2 is 0.905 bits per heavy atom.